The molecule has 2 aromatic carbocycles. The molecule has 8 nitrogen and oxygen atoms in total. The minimum atomic E-state index is -0.354. The third-order valence-corrected chi connectivity index (χ3v) is 6.05. The Labute approximate surface area is 175 Å². The van der Waals surface area contributed by atoms with Crippen LogP contribution in [0.3, 0.4) is 0 Å². The average molecular weight is 404 g/mol. The Morgan fingerprint density at radius 1 is 1.03 bits per heavy atom. The van der Waals surface area contributed by atoms with E-state index in [1.54, 1.807) is 18.3 Å². The van der Waals surface area contributed by atoms with Gasteiger partial charge in [-0.1, -0.05) is 42.0 Å². The zero-order valence-electron chi connectivity index (χ0n) is 16.9. The Morgan fingerprint density at radius 3 is 2.27 bits per heavy atom. The van der Waals surface area contributed by atoms with Crippen molar-refractivity contribution in [2.75, 3.05) is 39.6 Å². The molecule has 0 amide bonds. The van der Waals surface area contributed by atoms with E-state index in [2.05, 4.69) is 24.9 Å². The molecule has 0 atom stereocenters. The molecular formula is C22H24N6O2. The van der Waals surface area contributed by atoms with Crippen LogP contribution >= 0.6 is 0 Å². The van der Waals surface area contributed by atoms with Crippen LogP contribution in [0.5, 0.6) is 0 Å². The van der Waals surface area contributed by atoms with Crippen molar-refractivity contribution >= 4 is 17.6 Å². The van der Waals surface area contributed by atoms with Gasteiger partial charge in [-0.3, -0.25) is 24.8 Å². The van der Waals surface area contributed by atoms with Crippen LogP contribution in [0.15, 0.2) is 58.7 Å². The quantitative estimate of drug-likeness (QED) is 0.435. The number of nitro benzene ring substituents is 1. The van der Waals surface area contributed by atoms with E-state index in [1.807, 2.05) is 37.3 Å². The third kappa shape index (κ3) is 3.54. The van der Waals surface area contributed by atoms with Gasteiger partial charge in [-0.2, -0.15) is 10.2 Å². The lowest BCUT2D eigenvalue weighted by atomic mass is 9.74. The average Bonchev–Trinajstić information content (AvgIpc) is 2.71. The first-order chi connectivity index (χ1) is 14.5. The first kappa shape index (κ1) is 19.0. The maximum absolute atomic E-state index is 11.4. The van der Waals surface area contributed by atoms with Gasteiger partial charge in [0, 0.05) is 37.3 Å². The van der Waals surface area contributed by atoms with Gasteiger partial charge in [-0.15, -0.1) is 0 Å². The van der Waals surface area contributed by atoms with E-state index >= 15 is 0 Å². The summed E-state index contributed by atoms with van der Waals surface area (Å²) in [6, 6.07) is 14.9. The molecule has 4 fully saturated rings. The lowest BCUT2D eigenvalue weighted by molar-refractivity contribution is -0.384. The van der Waals surface area contributed by atoms with Gasteiger partial charge in [0.05, 0.1) is 42.3 Å². The summed E-state index contributed by atoms with van der Waals surface area (Å²) in [6.45, 7) is 7.62. The van der Waals surface area contributed by atoms with Crippen LogP contribution in [-0.2, 0) is 0 Å². The molecule has 0 radical (unpaired) electrons. The monoisotopic (exact) mass is 404 g/mol. The molecule has 4 aliphatic rings. The van der Waals surface area contributed by atoms with Gasteiger partial charge in [0.25, 0.3) is 5.69 Å². The smallest absolute Gasteiger partial charge is 0.270 e. The van der Waals surface area contributed by atoms with E-state index in [0.29, 0.717) is 0 Å². The van der Waals surface area contributed by atoms with Crippen molar-refractivity contribution in [3.63, 3.8) is 0 Å². The molecule has 0 N–H and O–H groups in total. The highest BCUT2D eigenvalue weighted by Gasteiger charge is 2.52. The molecule has 0 spiro atoms. The largest absolute Gasteiger partial charge is 0.276 e. The fourth-order valence-electron chi connectivity index (χ4n) is 4.98. The summed E-state index contributed by atoms with van der Waals surface area (Å²) in [6.07, 6.45) is 1.75. The van der Waals surface area contributed by atoms with Crippen molar-refractivity contribution in [1.82, 2.24) is 14.7 Å². The van der Waals surface area contributed by atoms with Crippen molar-refractivity contribution < 1.29 is 4.92 Å². The van der Waals surface area contributed by atoms with Gasteiger partial charge in [-0.05, 0) is 12.5 Å². The summed E-state index contributed by atoms with van der Waals surface area (Å²) in [4.78, 5) is 18.2. The molecule has 0 aromatic heterocycles. The molecule has 4 bridgehead atoms. The number of non-ortho nitro benzene ring substituents is 1. The van der Waals surface area contributed by atoms with Gasteiger partial charge in [0.2, 0.25) is 0 Å². The third-order valence-electron chi connectivity index (χ3n) is 6.05. The first-order valence-electron chi connectivity index (χ1n) is 10.1. The number of benzene rings is 2. The number of hydrogen-bond acceptors (Lipinski definition) is 7. The zero-order valence-corrected chi connectivity index (χ0v) is 16.9. The lowest BCUT2D eigenvalue weighted by Gasteiger charge is -2.60. The summed E-state index contributed by atoms with van der Waals surface area (Å²) < 4.78 is 0. The van der Waals surface area contributed by atoms with Crippen molar-refractivity contribution in [2.24, 2.45) is 15.6 Å². The maximum atomic E-state index is 11.4. The highest BCUT2D eigenvalue weighted by molar-refractivity contribution is 6.06. The number of aryl methyl sites for hydroxylation is 1. The second-order valence-corrected chi connectivity index (χ2v) is 8.60. The van der Waals surface area contributed by atoms with Crippen LogP contribution in [0.1, 0.15) is 16.7 Å². The van der Waals surface area contributed by atoms with Gasteiger partial charge in [0.15, 0.2) is 0 Å². The van der Waals surface area contributed by atoms with Crippen LogP contribution in [-0.4, -0.2) is 71.2 Å². The van der Waals surface area contributed by atoms with Gasteiger partial charge in [-0.25, -0.2) is 0 Å². The number of nitro groups is 1. The summed E-state index contributed by atoms with van der Waals surface area (Å²) in [5.41, 5.74) is 3.63. The standard InChI is InChI=1S/C22H24N6O2/c1-17-5-7-18(8-6-17)10-23-24-21(19-3-2-4-20(9-19)28(29)30)22-11-25-14-26(12-22)16-27(13-22)15-25/h2-10H,11-16H2,1H3/b23-10-,24-21+. The van der Waals surface area contributed by atoms with Crippen molar-refractivity contribution in [2.45, 2.75) is 6.92 Å². The highest BCUT2D eigenvalue weighted by Crippen LogP contribution is 2.39. The van der Waals surface area contributed by atoms with Gasteiger partial charge in [0.1, 0.15) is 0 Å². The van der Waals surface area contributed by atoms with Crippen LogP contribution in [0.2, 0.25) is 0 Å². The fraction of sp³-hybridized carbons (Fsp3) is 0.364. The van der Waals surface area contributed by atoms with Crippen molar-refractivity contribution in [3.05, 3.63) is 75.3 Å². The molecule has 154 valence electrons. The molecule has 6 rings (SSSR count). The van der Waals surface area contributed by atoms with Crippen LogP contribution in [0.4, 0.5) is 5.69 Å². The van der Waals surface area contributed by atoms with Gasteiger partial charge >= 0.3 is 0 Å². The molecule has 4 heterocycles. The Morgan fingerprint density at radius 2 is 1.67 bits per heavy atom. The van der Waals surface area contributed by atoms with Gasteiger partial charge < -0.3 is 0 Å². The predicted molar refractivity (Wildman–Crippen MR) is 116 cm³/mol. The molecule has 0 aliphatic carbocycles. The SMILES string of the molecule is Cc1ccc(/C=N\N=C(/c2cccc([N+](=O)[O-])c2)C23CN4CN(CN(C4)C2)C3)cc1. The summed E-state index contributed by atoms with van der Waals surface area (Å²) in [7, 11) is 0. The molecule has 30 heavy (non-hydrogen) atoms. The Balaban J connectivity index is 1.55. The minimum absolute atomic E-state index is 0.0772. The van der Waals surface area contributed by atoms with Crippen LogP contribution in [0, 0.1) is 22.5 Å². The molecule has 4 saturated heterocycles. The topological polar surface area (TPSA) is 77.6 Å². The molecular weight excluding hydrogens is 380 g/mol. The van der Waals surface area contributed by atoms with E-state index in [0.717, 1.165) is 56.5 Å². The Bertz CT molecular complexity index is 995. The van der Waals surface area contributed by atoms with Crippen LogP contribution < -0.4 is 0 Å². The van der Waals surface area contributed by atoms with Crippen LogP contribution in [0.25, 0.3) is 0 Å². The Hall–Kier alpha value is -2.94. The molecule has 0 saturated carbocycles. The Kier molecular flexibility index (Phi) is 4.69. The van der Waals surface area contributed by atoms with E-state index in [1.165, 1.54) is 11.6 Å². The molecule has 0 unspecified atom stereocenters. The number of nitrogens with zero attached hydrogens (tertiary/aromatic N) is 6. The normalized spacial score (nSPS) is 30.2. The first-order valence-corrected chi connectivity index (χ1v) is 10.1. The zero-order chi connectivity index (χ0) is 20.7. The summed E-state index contributed by atoms with van der Waals surface area (Å²) in [5, 5.41) is 20.5. The van der Waals surface area contributed by atoms with E-state index in [4.69, 9.17) is 0 Å². The number of hydrogen-bond donors (Lipinski definition) is 0. The second-order valence-electron chi connectivity index (χ2n) is 8.60. The van der Waals surface area contributed by atoms with Crippen molar-refractivity contribution in [3.8, 4) is 0 Å². The summed E-state index contributed by atoms with van der Waals surface area (Å²) >= 11 is 0. The fourth-order valence-corrected chi connectivity index (χ4v) is 4.98. The van der Waals surface area contributed by atoms with E-state index < -0.39 is 0 Å². The second kappa shape index (κ2) is 7.39. The maximum Gasteiger partial charge on any atom is 0.270 e. The predicted octanol–water partition coefficient (Wildman–Crippen LogP) is 2.53. The van der Waals surface area contributed by atoms with Crippen molar-refractivity contribution in [1.29, 1.82) is 0 Å². The minimum Gasteiger partial charge on any atom is -0.276 e. The molecule has 4 aliphatic heterocycles. The molecule has 2 aromatic rings. The van der Waals surface area contributed by atoms with E-state index in [-0.39, 0.29) is 16.0 Å². The highest BCUT2D eigenvalue weighted by atomic mass is 16.6. The number of rotatable bonds is 5. The summed E-state index contributed by atoms with van der Waals surface area (Å²) in [5.74, 6) is 0. The lowest BCUT2D eigenvalue weighted by Crippen LogP contribution is -2.74. The van der Waals surface area contributed by atoms with E-state index in [9.17, 15) is 10.1 Å². The molecule has 8 heteroatoms.